The van der Waals surface area contributed by atoms with Gasteiger partial charge < -0.3 is 0 Å². The highest BCUT2D eigenvalue weighted by atomic mass is 14.7. The molecule has 1 aromatic rings. The largest absolute Gasteiger partial charge is 0.258 e. The molecule has 0 radical (unpaired) electrons. The maximum Gasteiger partial charge on any atom is 0.0381 e. The lowest BCUT2D eigenvalue weighted by atomic mass is 10.1. The van der Waals surface area contributed by atoms with Crippen molar-refractivity contribution in [3.63, 3.8) is 0 Å². The third-order valence-electron chi connectivity index (χ3n) is 1.57. The van der Waals surface area contributed by atoms with E-state index >= 15 is 0 Å². The topological polar surface area (TPSA) is 12.9 Å². The van der Waals surface area contributed by atoms with E-state index in [9.17, 15) is 0 Å². The van der Waals surface area contributed by atoms with Crippen molar-refractivity contribution in [3.05, 3.63) is 35.7 Å². The summed E-state index contributed by atoms with van der Waals surface area (Å²) in [6, 6.07) is 4.10. The Morgan fingerprint density at radius 1 is 1.27 bits per heavy atom. The number of aryl methyl sites for hydroxylation is 2. The van der Waals surface area contributed by atoms with Crippen LogP contribution in [0.2, 0.25) is 0 Å². The Labute approximate surface area is 67.8 Å². The van der Waals surface area contributed by atoms with Crippen LogP contribution in [0.25, 0.3) is 5.57 Å². The van der Waals surface area contributed by atoms with Gasteiger partial charge in [0.1, 0.15) is 0 Å². The first kappa shape index (κ1) is 7.99. The van der Waals surface area contributed by atoms with Crippen LogP contribution in [0.3, 0.4) is 0 Å². The van der Waals surface area contributed by atoms with E-state index < -0.39 is 0 Å². The van der Waals surface area contributed by atoms with Crippen molar-refractivity contribution >= 4 is 5.57 Å². The van der Waals surface area contributed by atoms with Crippen molar-refractivity contribution in [3.8, 4) is 0 Å². The summed E-state index contributed by atoms with van der Waals surface area (Å²) in [6.45, 7) is 9.89. The normalized spacial score (nSPS) is 9.73. The number of pyridine rings is 1. The van der Waals surface area contributed by atoms with Crippen LogP contribution in [0.5, 0.6) is 0 Å². The lowest BCUT2D eigenvalue weighted by Gasteiger charge is -2.02. The molecule has 0 saturated heterocycles. The van der Waals surface area contributed by atoms with Crippen molar-refractivity contribution in [2.24, 2.45) is 0 Å². The van der Waals surface area contributed by atoms with Crippen LogP contribution in [-0.4, -0.2) is 4.98 Å². The Morgan fingerprint density at radius 2 is 1.73 bits per heavy atom. The molecular formula is C10H13N. The summed E-state index contributed by atoms with van der Waals surface area (Å²) in [5, 5.41) is 0. The zero-order valence-corrected chi connectivity index (χ0v) is 7.31. The number of allylic oxidation sites excluding steroid dienone is 1. The molecule has 0 saturated carbocycles. The molecule has 0 spiro atoms. The summed E-state index contributed by atoms with van der Waals surface area (Å²) in [4.78, 5) is 4.28. The van der Waals surface area contributed by atoms with Gasteiger partial charge in [0.25, 0.3) is 0 Å². The van der Waals surface area contributed by atoms with E-state index in [0.717, 1.165) is 17.0 Å². The predicted molar refractivity (Wildman–Crippen MR) is 48.4 cm³/mol. The van der Waals surface area contributed by atoms with Crippen LogP contribution in [0.4, 0.5) is 0 Å². The molecule has 0 atom stereocenters. The molecule has 0 fully saturated rings. The Hall–Kier alpha value is -1.11. The minimum Gasteiger partial charge on any atom is -0.258 e. The first-order valence-electron chi connectivity index (χ1n) is 3.71. The average Bonchev–Trinajstić information content (AvgIpc) is 1.85. The second-order valence-corrected chi connectivity index (χ2v) is 2.92. The minimum atomic E-state index is 1.06. The quantitative estimate of drug-likeness (QED) is 0.595. The molecule has 1 heteroatoms. The van der Waals surface area contributed by atoms with Crippen LogP contribution in [0.15, 0.2) is 18.7 Å². The second-order valence-electron chi connectivity index (χ2n) is 2.92. The van der Waals surface area contributed by atoms with Gasteiger partial charge in [-0.25, -0.2) is 0 Å². The minimum absolute atomic E-state index is 1.06. The van der Waals surface area contributed by atoms with Crippen LogP contribution in [0, 0.1) is 13.8 Å². The molecule has 1 rings (SSSR count). The van der Waals surface area contributed by atoms with Gasteiger partial charge in [-0.1, -0.05) is 12.2 Å². The molecule has 1 nitrogen and oxygen atoms in total. The van der Waals surface area contributed by atoms with Gasteiger partial charge in [-0.2, -0.15) is 0 Å². The van der Waals surface area contributed by atoms with Crippen molar-refractivity contribution < 1.29 is 0 Å². The zero-order valence-electron chi connectivity index (χ0n) is 7.31. The second kappa shape index (κ2) is 2.87. The van der Waals surface area contributed by atoms with E-state index in [2.05, 4.69) is 23.7 Å². The van der Waals surface area contributed by atoms with E-state index in [1.807, 2.05) is 20.8 Å². The fourth-order valence-electron chi connectivity index (χ4n) is 1.08. The summed E-state index contributed by atoms with van der Waals surface area (Å²) in [7, 11) is 0. The van der Waals surface area contributed by atoms with E-state index in [0.29, 0.717) is 0 Å². The molecule has 0 aliphatic carbocycles. The van der Waals surface area contributed by atoms with E-state index in [1.165, 1.54) is 5.56 Å². The van der Waals surface area contributed by atoms with Crippen molar-refractivity contribution in [2.75, 3.05) is 0 Å². The van der Waals surface area contributed by atoms with Gasteiger partial charge in [-0.05, 0) is 38.5 Å². The molecule has 0 aliphatic rings. The Kier molecular flexibility index (Phi) is 2.08. The van der Waals surface area contributed by atoms with Crippen molar-refractivity contribution in [1.82, 2.24) is 4.98 Å². The third kappa shape index (κ3) is 1.90. The summed E-state index contributed by atoms with van der Waals surface area (Å²) < 4.78 is 0. The van der Waals surface area contributed by atoms with Gasteiger partial charge in [-0.15, -0.1) is 0 Å². The fraction of sp³-hybridized carbons (Fsp3) is 0.300. The maximum atomic E-state index is 4.28. The summed E-state index contributed by atoms with van der Waals surface area (Å²) >= 11 is 0. The number of hydrogen-bond donors (Lipinski definition) is 0. The van der Waals surface area contributed by atoms with Gasteiger partial charge >= 0.3 is 0 Å². The number of rotatable bonds is 1. The predicted octanol–water partition coefficient (Wildman–Crippen LogP) is 2.73. The lowest BCUT2D eigenvalue weighted by molar-refractivity contribution is 1.12. The van der Waals surface area contributed by atoms with E-state index in [4.69, 9.17) is 0 Å². The molecule has 0 unspecified atom stereocenters. The van der Waals surface area contributed by atoms with Crippen molar-refractivity contribution in [2.45, 2.75) is 20.8 Å². The molecule has 0 N–H and O–H groups in total. The van der Waals surface area contributed by atoms with Crippen LogP contribution in [-0.2, 0) is 0 Å². The fourth-order valence-corrected chi connectivity index (χ4v) is 1.08. The van der Waals surface area contributed by atoms with E-state index in [-0.39, 0.29) is 0 Å². The SMILES string of the molecule is C=C(C)c1cc(C)nc(C)c1. The number of aromatic nitrogens is 1. The van der Waals surface area contributed by atoms with Gasteiger partial charge in [0.2, 0.25) is 0 Å². The molecular weight excluding hydrogens is 134 g/mol. The average molecular weight is 147 g/mol. The summed E-state index contributed by atoms with van der Waals surface area (Å²) in [6.07, 6.45) is 0. The lowest BCUT2D eigenvalue weighted by Crippen LogP contribution is -1.88. The van der Waals surface area contributed by atoms with Crippen molar-refractivity contribution in [1.29, 1.82) is 0 Å². The summed E-state index contributed by atoms with van der Waals surface area (Å²) in [5.41, 5.74) is 4.40. The maximum absolute atomic E-state index is 4.28. The molecule has 11 heavy (non-hydrogen) atoms. The molecule has 1 aromatic heterocycles. The highest BCUT2D eigenvalue weighted by Gasteiger charge is 1.95. The van der Waals surface area contributed by atoms with Crippen LogP contribution in [0.1, 0.15) is 23.9 Å². The highest BCUT2D eigenvalue weighted by molar-refractivity contribution is 5.61. The molecule has 0 aliphatic heterocycles. The Bertz CT molecular complexity index is 267. The van der Waals surface area contributed by atoms with E-state index in [1.54, 1.807) is 0 Å². The van der Waals surface area contributed by atoms with Gasteiger partial charge in [0, 0.05) is 11.4 Å². The summed E-state index contributed by atoms with van der Waals surface area (Å²) in [5.74, 6) is 0. The molecule has 0 aromatic carbocycles. The number of nitrogens with zero attached hydrogens (tertiary/aromatic N) is 1. The zero-order chi connectivity index (χ0) is 8.43. The first-order valence-corrected chi connectivity index (χ1v) is 3.71. The molecule has 0 amide bonds. The van der Waals surface area contributed by atoms with Gasteiger partial charge in [0.05, 0.1) is 0 Å². The van der Waals surface area contributed by atoms with Gasteiger partial charge in [-0.3, -0.25) is 4.98 Å². The van der Waals surface area contributed by atoms with Crippen LogP contribution >= 0.6 is 0 Å². The van der Waals surface area contributed by atoms with Crippen LogP contribution < -0.4 is 0 Å². The molecule has 1 heterocycles. The molecule has 58 valence electrons. The number of hydrogen-bond acceptors (Lipinski definition) is 1. The first-order chi connectivity index (χ1) is 5.09. The standard InChI is InChI=1S/C10H13N/c1-7(2)10-5-8(3)11-9(4)6-10/h5-6H,1H2,2-4H3. The Morgan fingerprint density at radius 3 is 2.09 bits per heavy atom. The third-order valence-corrected chi connectivity index (χ3v) is 1.57. The monoisotopic (exact) mass is 147 g/mol. The highest BCUT2D eigenvalue weighted by Crippen LogP contribution is 2.12. The smallest absolute Gasteiger partial charge is 0.0381 e. The molecule has 0 bridgehead atoms. The Balaban J connectivity index is 3.19. The van der Waals surface area contributed by atoms with Gasteiger partial charge in [0.15, 0.2) is 0 Å².